The van der Waals surface area contributed by atoms with E-state index in [0.29, 0.717) is 44.7 Å². The van der Waals surface area contributed by atoms with Crippen LogP contribution in [0.5, 0.6) is 0 Å². The van der Waals surface area contributed by atoms with Gasteiger partial charge < -0.3 is 25.4 Å². The highest BCUT2D eigenvalue weighted by Crippen LogP contribution is 2.15. The number of anilines is 1. The van der Waals surface area contributed by atoms with Crippen molar-refractivity contribution < 1.29 is 9.47 Å². The smallest absolute Gasteiger partial charge is 0.0701 e. The lowest BCUT2D eigenvalue weighted by Crippen LogP contribution is -2.27. The lowest BCUT2D eigenvalue weighted by molar-refractivity contribution is 0.0518. The van der Waals surface area contributed by atoms with Gasteiger partial charge in [-0.3, -0.25) is 0 Å². The number of ether oxygens (including phenoxy) is 2. The van der Waals surface area contributed by atoms with Gasteiger partial charge in [-0.25, -0.2) is 0 Å². The Bertz CT molecular complexity index is 401. The van der Waals surface area contributed by atoms with Crippen LogP contribution in [0.2, 0.25) is 0 Å². The van der Waals surface area contributed by atoms with Crippen LogP contribution in [0.3, 0.4) is 0 Å². The number of alkyl halides is 2. The summed E-state index contributed by atoms with van der Waals surface area (Å²) in [4.78, 5) is 2.19. The van der Waals surface area contributed by atoms with E-state index in [2.05, 4.69) is 34.5 Å². The molecule has 24 heavy (non-hydrogen) atoms. The molecule has 0 aromatic heterocycles. The summed E-state index contributed by atoms with van der Waals surface area (Å²) >= 11 is 11.7. The van der Waals surface area contributed by atoms with Crippen LogP contribution in [0.1, 0.15) is 5.56 Å². The lowest BCUT2D eigenvalue weighted by atomic mass is 10.2. The molecule has 0 unspecified atom stereocenters. The lowest BCUT2D eigenvalue weighted by Gasteiger charge is -2.23. The molecule has 5 nitrogen and oxygen atoms in total. The molecular formula is C17H29Cl2N3O2. The molecule has 138 valence electrons. The number of benzene rings is 1. The van der Waals surface area contributed by atoms with E-state index in [1.54, 1.807) is 0 Å². The van der Waals surface area contributed by atoms with Gasteiger partial charge in [0.2, 0.25) is 0 Å². The number of nitrogens with two attached hydrogens (primary N) is 1. The Balaban J connectivity index is 2.17. The molecule has 3 N–H and O–H groups in total. The Hall–Kier alpha value is -0.560. The molecule has 0 atom stereocenters. The summed E-state index contributed by atoms with van der Waals surface area (Å²) in [5.74, 6) is 1.19. The van der Waals surface area contributed by atoms with E-state index < -0.39 is 0 Å². The quantitative estimate of drug-likeness (QED) is 0.361. The van der Waals surface area contributed by atoms with Crippen LogP contribution in [0.15, 0.2) is 24.3 Å². The molecule has 0 aliphatic carbocycles. The highest BCUT2D eigenvalue weighted by atomic mass is 35.5. The number of nitrogens with zero attached hydrogens (tertiary/aromatic N) is 1. The first-order valence-electron chi connectivity index (χ1n) is 8.34. The van der Waals surface area contributed by atoms with Crippen molar-refractivity contribution in [3.05, 3.63) is 29.8 Å². The van der Waals surface area contributed by atoms with Gasteiger partial charge in [0.1, 0.15) is 0 Å². The SMILES string of the molecule is NCCOCCOCCNCc1ccc(N(CCCl)CCCl)cc1. The van der Waals surface area contributed by atoms with E-state index in [1.165, 1.54) is 5.56 Å². The molecule has 1 aromatic rings. The van der Waals surface area contributed by atoms with Crippen LogP contribution in [0.25, 0.3) is 0 Å². The predicted octanol–water partition coefficient (Wildman–Crippen LogP) is 2.05. The van der Waals surface area contributed by atoms with Crippen molar-refractivity contribution in [2.24, 2.45) is 5.73 Å². The molecule has 0 fully saturated rings. The first kappa shape index (κ1) is 21.5. The van der Waals surface area contributed by atoms with Gasteiger partial charge in [-0.2, -0.15) is 0 Å². The van der Waals surface area contributed by atoms with Gasteiger partial charge >= 0.3 is 0 Å². The molecule has 7 heteroatoms. The molecule has 0 heterocycles. The number of hydrogen-bond acceptors (Lipinski definition) is 5. The topological polar surface area (TPSA) is 59.8 Å². The highest BCUT2D eigenvalue weighted by Gasteiger charge is 2.05. The van der Waals surface area contributed by atoms with Crippen molar-refractivity contribution in [1.82, 2.24) is 5.32 Å². The molecule has 0 saturated carbocycles. The molecule has 0 amide bonds. The van der Waals surface area contributed by atoms with Gasteiger partial charge in [-0.1, -0.05) is 12.1 Å². The van der Waals surface area contributed by atoms with Crippen LogP contribution < -0.4 is 16.0 Å². The number of rotatable bonds is 15. The van der Waals surface area contributed by atoms with Crippen molar-refractivity contribution in [2.75, 3.05) is 69.3 Å². The summed E-state index contributed by atoms with van der Waals surface area (Å²) in [6, 6.07) is 8.47. The Morgan fingerprint density at radius 3 is 2.12 bits per heavy atom. The summed E-state index contributed by atoms with van der Waals surface area (Å²) < 4.78 is 10.7. The maximum atomic E-state index is 5.84. The minimum absolute atomic E-state index is 0.551. The number of nitrogens with one attached hydrogen (secondary N) is 1. The van der Waals surface area contributed by atoms with Gasteiger partial charge in [-0.15, -0.1) is 23.2 Å². The van der Waals surface area contributed by atoms with E-state index in [-0.39, 0.29) is 0 Å². The van der Waals surface area contributed by atoms with Gasteiger partial charge in [0.05, 0.1) is 26.4 Å². The van der Waals surface area contributed by atoms with E-state index in [0.717, 1.165) is 31.9 Å². The van der Waals surface area contributed by atoms with Gasteiger partial charge in [0.15, 0.2) is 0 Å². The van der Waals surface area contributed by atoms with Gasteiger partial charge in [0.25, 0.3) is 0 Å². The second-order valence-corrected chi connectivity index (χ2v) is 5.98. The largest absolute Gasteiger partial charge is 0.378 e. The normalized spacial score (nSPS) is 11.0. The van der Waals surface area contributed by atoms with Gasteiger partial charge in [-0.05, 0) is 17.7 Å². The van der Waals surface area contributed by atoms with E-state index in [9.17, 15) is 0 Å². The zero-order valence-corrected chi connectivity index (χ0v) is 15.7. The molecule has 0 bridgehead atoms. The fourth-order valence-electron chi connectivity index (χ4n) is 2.18. The Kier molecular flexibility index (Phi) is 13.2. The summed E-state index contributed by atoms with van der Waals surface area (Å²) in [5, 5.41) is 3.36. The molecule has 0 spiro atoms. The van der Waals surface area contributed by atoms with Crippen molar-refractivity contribution in [1.29, 1.82) is 0 Å². The summed E-state index contributed by atoms with van der Waals surface area (Å²) in [7, 11) is 0. The fourth-order valence-corrected chi connectivity index (χ4v) is 2.59. The minimum Gasteiger partial charge on any atom is -0.378 e. The van der Waals surface area contributed by atoms with Crippen LogP contribution in [-0.2, 0) is 16.0 Å². The summed E-state index contributed by atoms with van der Waals surface area (Å²) in [5.41, 5.74) is 7.72. The minimum atomic E-state index is 0.551. The van der Waals surface area contributed by atoms with Crippen LogP contribution >= 0.6 is 23.2 Å². The third-order valence-electron chi connectivity index (χ3n) is 3.40. The van der Waals surface area contributed by atoms with Crippen molar-refractivity contribution in [3.8, 4) is 0 Å². The Morgan fingerprint density at radius 2 is 1.54 bits per heavy atom. The molecule has 0 radical (unpaired) electrons. The predicted molar refractivity (Wildman–Crippen MR) is 102 cm³/mol. The number of hydrogen-bond donors (Lipinski definition) is 2. The first-order chi connectivity index (χ1) is 11.8. The molecule has 0 saturated heterocycles. The second kappa shape index (κ2) is 14.8. The molecule has 0 aliphatic rings. The average molecular weight is 378 g/mol. The monoisotopic (exact) mass is 377 g/mol. The molecule has 1 rings (SSSR count). The molecular weight excluding hydrogens is 349 g/mol. The standard InChI is InChI=1S/C17H29Cl2N3O2/c18-5-9-22(10-6-19)17-3-1-16(2-4-17)15-21-8-12-24-14-13-23-11-7-20/h1-4,21H,5-15,20H2. The first-order valence-corrected chi connectivity index (χ1v) is 9.40. The number of halogens is 2. The van der Waals surface area contributed by atoms with Crippen LogP contribution in [-0.4, -0.2) is 64.4 Å². The molecule has 0 aliphatic heterocycles. The highest BCUT2D eigenvalue weighted by molar-refractivity contribution is 6.18. The summed E-state index contributed by atoms with van der Waals surface area (Å²) in [6.45, 7) is 6.25. The van der Waals surface area contributed by atoms with Crippen molar-refractivity contribution in [2.45, 2.75) is 6.54 Å². The van der Waals surface area contributed by atoms with E-state index in [1.807, 2.05) is 0 Å². The maximum Gasteiger partial charge on any atom is 0.0701 e. The average Bonchev–Trinajstić information content (AvgIpc) is 2.61. The Morgan fingerprint density at radius 1 is 0.917 bits per heavy atom. The third kappa shape index (κ3) is 9.67. The second-order valence-electron chi connectivity index (χ2n) is 5.22. The van der Waals surface area contributed by atoms with Gasteiger partial charge in [0, 0.05) is 50.2 Å². The van der Waals surface area contributed by atoms with Crippen molar-refractivity contribution in [3.63, 3.8) is 0 Å². The fraction of sp³-hybridized carbons (Fsp3) is 0.647. The van der Waals surface area contributed by atoms with Crippen LogP contribution in [0, 0.1) is 0 Å². The Labute approximate surface area is 155 Å². The third-order valence-corrected chi connectivity index (χ3v) is 3.73. The zero-order chi connectivity index (χ0) is 17.5. The molecule has 1 aromatic carbocycles. The maximum absolute atomic E-state index is 5.84. The zero-order valence-electron chi connectivity index (χ0n) is 14.2. The van der Waals surface area contributed by atoms with Crippen molar-refractivity contribution >= 4 is 28.9 Å². The summed E-state index contributed by atoms with van der Waals surface area (Å²) in [6.07, 6.45) is 0. The van der Waals surface area contributed by atoms with E-state index in [4.69, 9.17) is 38.4 Å². The van der Waals surface area contributed by atoms with E-state index >= 15 is 0 Å². The van der Waals surface area contributed by atoms with Crippen LogP contribution in [0.4, 0.5) is 5.69 Å².